The van der Waals surface area contributed by atoms with Crippen molar-refractivity contribution in [2.45, 2.75) is 39.8 Å². The second kappa shape index (κ2) is 9.25. The van der Waals surface area contributed by atoms with Crippen LogP contribution >= 0.6 is 0 Å². The van der Waals surface area contributed by atoms with Gasteiger partial charge < -0.3 is 24.4 Å². The maximum atomic E-state index is 6.06. The number of aryl methyl sites for hydroxylation is 1. The van der Waals surface area contributed by atoms with Gasteiger partial charge in [0.15, 0.2) is 17.3 Å². The van der Waals surface area contributed by atoms with E-state index < -0.39 is 0 Å². The fourth-order valence-corrected chi connectivity index (χ4v) is 3.04. The van der Waals surface area contributed by atoms with E-state index in [1.165, 1.54) is 0 Å². The van der Waals surface area contributed by atoms with Crippen molar-refractivity contribution in [2.75, 3.05) is 20.2 Å². The normalized spacial score (nSPS) is 12.9. The molecule has 0 saturated heterocycles. The second-order valence-electron chi connectivity index (χ2n) is 6.42. The van der Waals surface area contributed by atoms with Crippen LogP contribution in [-0.2, 0) is 13.0 Å². The summed E-state index contributed by atoms with van der Waals surface area (Å²) < 4.78 is 13.8. The van der Waals surface area contributed by atoms with Gasteiger partial charge in [-0.05, 0) is 26.0 Å². The van der Waals surface area contributed by atoms with Gasteiger partial charge >= 0.3 is 0 Å². The number of fused-ring (bicyclic) bond motifs is 1. The zero-order chi connectivity index (χ0) is 19.9. The quantitative estimate of drug-likeness (QED) is 0.458. The number of ether oxygens (including phenoxy) is 1. The number of nitrogens with zero attached hydrogens (tertiary/aromatic N) is 4. The van der Waals surface area contributed by atoms with Gasteiger partial charge in [-0.2, -0.15) is 0 Å². The van der Waals surface area contributed by atoms with Gasteiger partial charge in [0.2, 0.25) is 0 Å². The van der Waals surface area contributed by atoms with E-state index in [2.05, 4.69) is 32.7 Å². The first kappa shape index (κ1) is 19.7. The average Bonchev–Trinajstić information content (AvgIpc) is 3.34. The van der Waals surface area contributed by atoms with Crippen LogP contribution in [0.1, 0.15) is 38.4 Å². The maximum absolute atomic E-state index is 6.06. The highest BCUT2D eigenvalue weighted by atomic mass is 16.5. The number of benzene rings is 1. The molecule has 2 aromatic heterocycles. The molecule has 150 valence electrons. The molecule has 0 aliphatic heterocycles. The van der Waals surface area contributed by atoms with Crippen molar-refractivity contribution in [3.63, 3.8) is 0 Å². The Labute approximate surface area is 165 Å². The van der Waals surface area contributed by atoms with E-state index >= 15 is 0 Å². The highest BCUT2D eigenvalue weighted by Gasteiger charge is 2.15. The standard InChI is InChI=1S/C20H28N6O2/c1-5-18-25-23-13-26(18)11-10-22-20(21-4)24-14(3)17-12-15-8-7-9-16(27-6-2)19(15)28-17/h7-9,12-14H,5-6,10-11H2,1-4H3,(H2,21,22,24). The van der Waals surface area contributed by atoms with E-state index in [9.17, 15) is 0 Å². The highest BCUT2D eigenvalue weighted by molar-refractivity contribution is 5.84. The summed E-state index contributed by atoms with van der Waals surface area (Å²) in [6.07, 6.45) is 2.61. The lowest BCUT2D eigenvalue weighted by atomic mass is 10.2. The monoisotopic (exact) mass is 384 g/mol. The minimum Gasteiger partial charge on any atom is -0.490 e. The molecule has 0 radical (unpaired) electrons. The van der Waals surface area contributed by atoms with E-state index in [4.69, 9.17) is 9.15 Å². The van der Waals surface area contributed by atoms with Crippen molar-refractivity contribution in [3.05, 3.63) is 42.2 Å². The van der Waals surface area contributed by atoms with Crippen molar-refractivity contribution < 1.29 is 9.15 Å². The molecule has 0 aliphatic carbocycles. The van der Waals surface area contributed by atoms with E-state index in [-0.39, 0.29) is 6.04 Å². The lowest BCUT2D eigenvalue weighted by Crippen LogP contribution is -2.40. The minimum atomic E-state index is -0.0470. The third-order valence-electron chi connectivity index (χ3n) is 4.49. The Morgan fingerprint density at radius 3 is 2.96 bits per heavy atom. The fraction of sp³-hybridized carbons (Fsp3) is 0.450. The molecule has 8 heteroatoms. The molecule has 1 aromatic carbocycles. The molecule has 0 bridgehead atoms. The number of aliphatic imine (C=N–C) groups is 1. The van der Waals surface area contributed by atoms with Crippen molar-refractivity contribution in [3.8, 4) is 5.75 Å². The van der Waals surface area contributed by atoms with Gasteiger partial charge in [-0.3, -0.25) is 4.99 Å². The first-order chi connectivity index (χ1) is 13.7. The predicted octanol–water partition coefficient (Wildman–Crippen LogP) is 2.91. The van der Waals surface area contributed by atoms with Crippen LogP contribution in [0.2, 0.25) is 0 Å². The van der Waals surface area contributed by atoms with Gasteiger partial charge in [-0.25, -0.2) is 0 Å². The predicted molar refractivity (Wildman–Crippen MR) is 110 cm³/mol. The van der Waals surface area contributed by atoms with Gasteiger partial charge in [0.1, 0.15) is 17.9 Å². The molecule has 28 heavy (non-hydrogen) atoms. The summed E-state index contributed by atoms with van der Waals surface area (Å²) in [5, 5.41) is 15.8. The number of hydrogen-bond acceptors (Lipinski definition) is 5. The van der Waals surface area contributed by atoms with Crippen LogP contribution in [0.3, 0.4) is 0 Å². The minimum absolute atomic E-state index is 0.0470. The summed E-state index contributed by atoms with van der Waals surface area (Å²) in [7, 11) is 1.75. The SMILES string of the molecule is CCOc1cccc2cc(C(C)NC(=NC)NCCn3cnnc3CC)oc12. The zero-order valence-electron chi connectivity index (χ0n) is 16.9. The van der Waals surface area contributed by atoms with Gasteiger partial charge in [0, 0.05) is 31.9 Å². The number of nitrogens with one attached hydrogen (secondary N) is 2. The topological polar surface area (TPSA) is 89.5 Å². The smallest absolute Gasteiger partial charge is 0.191 e. The van der Waals surface area contributed by atoms with Gasteiger partial charge in [0.25, 0.3) is 0 Å². The van der Waals surface area contributed by atoms with Crippen molar-refractivity contribution >= 4 is 16.9 Å². The maximum Gasteiger partial charge on any atom is 0.191 e. The first-order valence-electron chi connectivity index (χ1n) is 9.65. The molecular formula is C20H28N6O2. The van der Waals surface area contributed by atoms with Crippen molar-refractivity contribution in [1.29, 1.82) is 0 Å². The first-order valence-corrected chi connectivity index (χ1v) is 9.65. The number of aromatic nitrogens is 3. The lowest BCUT2D eigenvalue weighted by molar-refractivity contribution is 0.336. The summed E-state index contributed by atoms with van der Waals surface area (Å²) in [4.78, 5) is 4.30. The summed E-state index contributed by atoms with van der Waals surface area (Å²) in [5.74, 6) is 3.29. The molecule has 0 saturated carbocycles. The third kappa shape index (κ3) is 4.44. The molecule has 1 unspecified atom stereocenters. The van der Waals surface area contributed by atoms with E-state index in [0.29, 0.717) is 19.1 Å². The molecule has 3 rings (SSSR count). The Balaban J connectivity index is 1.61. The molecule has 0 aliphatic rings. The second-order valence-corrected chi connectivity index (χ2v) is 6.42. The largest absolute Gasteiger partial charge is 0.490 e. The van der Waals surface area contributed by atoms with Gasteiger partial charge in [-0.15, -0.1) is 10.2 Å². The molecule has 3 aromatic rings. The Kier molecular flexibility index (Phi) is 6.52. The highest BCUT2D eigenvalue weighted by Crippen LogP contribution is 2.31. The van der Waals surface area contributed by atoms with Gasteiger partial charge in [-0.1, -0.05) is 19.1 Å². The van der Waals surface area contributed by atoms with Crippen LogP contribution < -0.4 is 15.4 Å². The zero-order valence-corrected chi connectivity index (χ0v) is 16.9. The van der Waals surface area contributed by atoms with E-state index in [1.807, 2.05) is 42.7 Å². The Morgan fingerprint density at radius 2 is 2.21 bits per heavy atom. The lowest BCUT2D eigenvalue weighted by Gasteiger charge is -2.16. The number of rotatable bonds is 8. The van der Waals surface area contributed by atoms with Crippen LogP contribution in [0, 0.1) is 0 Å². The molecule has 2 heterocycles. The van der Waals surface area contributed by atoms with Crippen LogP contribution in [-0.4, -0.2) is 40.9 Å². The van der Waals surface area contributed by atoms with Crippen molar-refractivity contribution in [2.24, 2.45) is 4.99 Å². The average molecular weight is 384 g/mol. The molecule has 0 fully saturated rings. The van der Waals surface area contributed by atoms with E-state index in [1.54, 1.807) is 13.4 Å². The molecule has 8 nitrogen and oxygen atoms in total. The Morgan fingerprint density at radius 1 is 1.36 bits per heavy atom. The van der Waals surface area contributed by atoms with Crippen LogP contribution in [0.4, 0.5) is 0 Å². The number of furan rings is 1. The Hall–Kier alpha value is -3.03. The molecule has 2 N–H and O–H groups in total. The fourth-order valence-electron chi connectivity index (χ4n) is 3.04. The third-order valence-corrected chi connectivity index (χ3v) is 4.49. The molecular weight excluding hydrogens is 356 g/mol. The van der Waals surface area contributed by atoms with Gasteiger partial charge in [0.05, 0.1) is 12.6 Å². The number of para-hydroxylation sites is 1. The Bertz CT molecular complexity index is 930. The summed E-state index contributed by atoms with van der Waals surface area (Å²) in [6, 6.07) is 7.91. The van der Waals surface area contributed by atoms with Crippen LogP contribution in [0.25, 0.3) is 11.0 Å². The number of guanidine groups is 1. The van der Waals surface area contributed by atoms with Crippen LogP contribution in [0.15, 0.2) is 40.0 Å². The molecule has 0 amide bonds. The molecule has 0 spiro atoms. The van der Waals surface area contributed by atoms with Crippen LogP contribution in [0.5, 0.6) is 5.75 Å². The summed E-state index contributed by atoms with van der Waals surface area (Å²) >= 11 is 0. The molecule has 1 atom stereocenters. The van der Waals surface area contributed by atoms with Crippen molar-refractivity contribution in [1.82, 2.24) is 25.4 Å². The number of hydrogen-bond donors (Lipinski definition) is 2. The summed E-state index contributed by atoms with van der Waals surface area (Å²) in [6.45, 7) is 8.16. The summed E-state index contributed by atoms with van der Waals surface area (Å²) in [5.41, 5.74) is 0.774. The van der Waals surface area contributed by atoms with E-state index in [0.717, 1.165) is 41.3 Å².